The second-order valence-corrected chi connectivity index (χ2v) is 11.1. The molecule has 194 valence electrons. The Morgan fingerprint density at radius 3 is 1.82 bits per heavy atom. The molecule has 0 saturated heterocycles. The van der Waals surface area contributed by atoms with E-state index in [9.17, 15) is 9.59 Å². The topological polar surface area (TPSA) is 64.6 Å². The number of hydrogen-bond donors (Lipinski definition) is 1. The molecule has 33 heavy (non-hydrogen) atoms. The van der Waals surface area contributed by atoms with Crippen LogP contribution < -0.4 is 5.32 Å². The zero-order valence-corrected chi connectivity index (χ0v) is 22.4. The maximum atomic E-state index is 12.7. The third-order valence-corrected chi connectivity index (χ3v) is 6.67. The van der Waals surface area contributed by atoms with E-state index >= 15 is 0 Å². The number of rotatable bonds is 16. The van der Waals surface area contributed by atoms with E-state index in [1.807, 2.05) is 20.8 Å². The molecule has 0 spiro atoms. The standard InChI is InChI=1S/C28H53NO4/c1-6-8-10-12-14-16-23(17-15-13-11-9-7-2)22-32-26(30)24-18-20-25(21-19-24)29-27(31)33-28(3,4)5/h23-25H,6-22H2,1-5H3,(H,29,31). The molecule has 1 aliphatic carbocycles. The van der Waals surface area contributed by atoms with Crippen molar-refractivity contribution in [1.82, 2.24) is 5.32 Å². The van der Waals surface area contributed by atoms with Gasteiger partial charge in [-0.1, -0.05) is 78.1 Å². The number of carbonyl (C=O) groups is 2. The average Bonchev–Trinajstić information content (AvgIpc) is 2.75. The molecule has 0 atom stereocenters. The predicted octanol–water partition coefficient (Wildman–Crippen LogP) is 7.95. The Kier molecular flexibility index (Phi) is 15.5. The van der Waals surface area contributed by atoms with E-state index < -0.39 is 5.60 Å². The van der Waals surface area contributed by atoms with Crippen LogP contribution in [0.25, 0.3) is 0 Å². The lowest BCUT2D eigenvalue weighted by atomic mass is 9.86. The molecule has 0 aromatic rings. The van der Waals surface area contributed by atoms with Crippen molar-refractivity contribution in [2.45, 2.75) is 149 Å². The first kappa shape index (κ1) is 29.8. The molecular weight excluding hydrogens is 414 g/mol. The summed E-state index contributed by atoms with van der Waals surface area (Å²) in [5.41, 5.74) is -0.492. The number of alkyl carbamates (subject to hydrolysis) is 1. The Bertz CT molecular complexity index is 506. The molecule has 0 radical (unpaired) electrons. The molecule has 1 aliphatic rings. The molecular formula is C28H53NO4. The van der Waals surface area contributed by atoms with Gasteiger partial charge in [0.1, 0.15) is 5.60 Å². The van der Waals surface area contributed by atoms with Crippen molar-refractivity contribution in [1.29, 1.82) is 0 Å². The van der Waals surface area contributed by atoms with E-state index in [1.165, 1.54) is 77.0 Å². The van der Waals surface area contributed by atoms with E-state index in [-0.39, 0.29) is 24.0 Å². The van der Waals surface area contributed by atoms with Gasteiger partial charge in [0.15, 0.2) is 0 Å². The van der Waals surface area contributed by atoms with Crippen LogP contribution >= 0.6 is 0 Å². The first-order valence-corrected chi connectivity index (χ1v) is 13.9. The quantitative estimate of drug-likeness (QED) is 0.185. The number of ether oxygens (including phenoxy) is 2. The lowest BCUT2D eigenvalue weighted by Crippen LogP contribution is -2.41. The summed E-state index contributed by atoms with van der Waals surface area (Å²) in [7, 11) is 0. The normalized spacial score (nSPS) is 18.8. The van der Waals surface area contributed by atoms with Gasteiger partial charge in [0.25, 0.3) is 0 Å². The minimum Gasteiger partial charge on any atom is -0.465 e. The third kappa shape index (κ3) is 15.3. The molecule has 1 N–H and O–H groups in total. The second-order valence-electron chi connectivity index (χ2n) is 11.1. The fourth-order valence-electron chi connectivity index (χ4n) is 4.65. The summed E-state index contributed by atoms with van der Waals surface area (Å²) in [5, 5.41) is 2.95. The number of unbranched alkanes of at least 4 members (excludes halogenated alkanes) is 8. The van der Waals surface area contributed by atoms with E-state index in [1.54, 1.807) is 0 Å². The van der Waals surface area contributed by atoms with Crippen LogP contribution in [0.3, 0.4) is 0 Å². The van der Waals surface area contributed by atoms with Gasteiger partial charge in [-0.2, -0.15) is 0 Å². The Morgan fingerprint density at radius 1 is 0.818 bits per heavy atom. The molecule has 1 saturated carbocycles. The summed E-state index contributed by atoms with van der Waals surface area (Å²) in [6, 6.07) is 0.0860. The molecule has 1 fully saturated rings. The van der Waals surface area contributed by atoms with Crippen molar-refractivity contribution < 1.29 is 19.1 Å². The van der Waals surface area contributed by atoms with Gasteiger partial charge < -0.3 is 14.8 Å². The van der Waals surface area contributed by atoms with Gasteiger partial charge in [0.05, 0.1) is 12.5 Å². The molecule has 0 heterocycles. The molecule has 1 rings (SSSR count). The minimum atomic E-state index is -0.492. The summed E-state index contributed by atoms with van der Waals surface area (Å²) < 4.78 is 11.2. The molecule has 0 aliphatic heterocycles. The lowest BCUT2D eigenvalue weighted by molar-refractivity contribution is -0.151. The van der Waals surface area contributed by atoms with Gasteiger partial charge in [-0.05, 0) is 65.2 Å². The van der Waals surface area contributed by atoms with Gasteiger partial charge in [0, 0.05) is 6.04 Å². The first-order valence-electron chi connectivity index (χ1n) is 13.9. The van der Waals surface area contributed by atoms with E-state index in [2.05, 4.69) is 19.2 Å². The van der Waals surface area contributed by atoms with Crippen LogP contribution in [-0.4, -0.2) is 30.3 Å². The molecule has 5 heteroatoms. The summed E-state index contributed by atoms with van der Waals surface area (Å²) >= 11 is 0. The second kappa shape index (κ2) is 17.2. The van der Waals surface area contributed by atoms with E-state index in [0.29, 0.717) is 12.5 Å². The van der Waals surface area contributed by atoms with Gasteiger partial charge in [-0.15, -0.1) is 0 Å². The van der Waals surface area contributed by atoms with Crippen LogP contribution in [-0.2, 0) is 14.3 Å². The van der Waals surface area contributed by atoms with Gasteiger partial charge >= 0.3 is 12.1 Å². The third-order valence-electron chi connectivity index (χ3n) is 6.67. The zero-order chi connectivity index (χ0) is 24.5. The largest absolute Gasteiger partial charge is 0.465 e. The number of amides is 1. The molecule has 0 bridgehead atoms. The van der Waals surface area contributed by atoms with Crippen molar-refractivity contribution in [3.63, 3.8) is 0 Å². The van der Waals surface area contributed by atoms with Crippen LogP contribution in [0.15, 0.2) is 0 Å². The predicted molar refractivity (Wildman–Crippen MR) is 136 cm³/mol. The van der Waals surface area contributed by atoms with E-state index in [0.717, 1.165) is 25.7 Å². The highest BCUT2D eigenvalue weighted by Gasteiger charge is 2.29. The number of hydrogen-bond acceptors (Lipinski definition) is 4. The number of carbonyl (C=O) groups excluding carboxylic acids is 2. The Balaban J connectivity index is 2.35. The molecule has 5 nitrogen and oxygen atoms in total. The fourth-order valence-corrected chi connectivity index (χ4v) is 4.65. The molecule has 0 unspecified atom stereocenters. The summed E-state index contributed by atoms with van der Waals surface area (Å²) in [5.74, 6) is 0.437. The lowest BCUT2D eigenvalue weighted by Gasteiger charge is -2.29. The molecule has 0 aromatic carbocycles. The van der Waals surface area contributed by atoms with Crippen molar-refractivity contribution in [2.24, 2.45) is 11.8 Å². The monoisotopic (exact) mass is 467 g/mol. The summed E-state index contributed by atoms with van der Waals surface area (Å²) in [6.45, 7) is 10.7. The minimum absolute atomic E-state index is 0.0311. The Labute approximate surface area is 204 Å². The van der Waals surface area contributed by atoms with Crippen LogP contribution in [0.1, 0.15) is 137 Å². The first-order chi connectivity index (χ1) is 15.7. The van der Waals surface area contributed by atoms with Gasteiger partial charge in [-0.25, -0.2) is 4.79 Å². The zero-order valence-electron chi connectivity index (χ0n) is 22.4. The van der Waals surface area contributed by atoms with Crippen LogP contribution in [0.5, 0.6) is 0 Å². The van der Waals surface area contributed by atoms with Crippen LogP contribution in [0.4, 0.5) is 4.79 Å². The molecule has 1 amide bonds. The SMILES string of the molecule is CCCCCCCC(CCCCCCC)COC(=O)C1CCC(NC(=O)OC(C)(C)C)CC1. The van der Waals surface area contributed by atoms with Crippen molar-refractivity contribution in [3.05, 3.63) is 0 Å². The highest BCUT2D eigenvalue weighted by molar-refractivity contribution is 5.72. The number of esters is 1. The van der Waals surface area contributed by atoms with Crippen LogP contribution in [0.2, 0.25) is 0 Å². The molecule has 0 aromatic heterocycles. The van der Waals surface area contributed by atoms with Crippen LogP contribution in [0, 0.1) is 11.8 Å². The van der Waals surface area contributed by atoms with Crippen molar-refractivity contribution in [3.8, 4) is 0 Å². The Morgan fingerprint density at radius 2 is 1.33 bits per heavy atom. The summed E-state index contributed by atoms with van der Waals surface area (Å²) in [6.07, 6.45) is 18.1. The smallest absolute Gasteiger partial charge is 0.407 e. The summed E-state index contributed by atoms with van der Waals surface area (Å²) in [4.78, 5) is 24.7. The van der Waals surface area contributed by atoms with Gasteiger partial charge in [0.2, 0.25) is 0 Å². The maximum Gasteiger partial charge on any atom is 0.407 e. The highest BCUT2D eigenvalue weighted by atomic mass is 16.6. The maximum absolute atomic E-state index is 12.7. The van der Waals surface area contributed by atoms with Crippen molar-refractivity contribution >= 4 is 12.1 Å². The van der Waals surface area contributed by atoms with E-state index in [4.69, 9.17) is 9.47 Å². The van der Waals surface area contributed by atoms with Gasteiger partial charge in [-0.3, -0.25) is 4.79 Å². The number of nitrogens with one attached hydrogen (secondary N) is 1. The average molecular weight is 468 g/mol. The Hall–Kier alpha value is -1.26. The fraction of sp³-hybridized carbons (Fsp3) is 0.929. The van der Waals surface area contributed by atoms with Crippen molar-refractivity contribution in [2.75, 3.05) is 6.61 Å². The highest BCUT2D eigenvalue weighted by Crippen LogP contribution is 2.27.